The summed E-state index contributed by atoms with van der Waals surface area (Å²) in [6.07, 6.45) is -5.76. The van der Waals surface area contributed by atoms with Gasteiger partial charge in [-0.25, -0.2) is 9.37 Å². The summed E-state index contributed by atoms with van der Waals surface area (Å²) in [5.74, 6) is -1.11. The lowest BCUT2D eigenvalue weighted by Crippen LogP contribution is -2.31. The molecule has 1 atom stereocenters. The van der Waals surface area contributed by atoms with Gasteiger partial charge < -0.3 is 4.74 Å². The van der Waals surface area contributed by atoms with Gasteiger partial charge in [0.15, 0.2) is 5.13 Å². The van der Waals surface area contributed by atoms with Crippen molar-refractivity contribution in [3.63, 3.8) is 0 Å². The Kier molecular flexibility index (Phi) is 5.32. The Balaban J connectivity index is 1.96. The van der Waals surface area contributed by atoms with Gasteiger partial charge >= 0.3 is 6.18 Å². The molecule has 1 amide bonds. The maximum atomic E-state index is 12.9. The molecule has 0 saturated heterocycles. The molecule has 2 aromatic rings. The standard InChI is InChI=1S/C14H12F4N2O2S/c1-8(22-7-14(16,17)18)12(21)20-13-19-11(6-23-13)9-2-4-10(15)5-3-9/h2-6,8H,7H2,1H3,(H,19,20,21). The summed E-state index contributed by atoms with van der Waals surface area (Å²) in [6.45, 7) is -0.282. The van der Waals surface area contributed by atoms with Gasteiger partial charge in [-0.3, -0.25) is 10.1 Å². The SMILES string of the molecule is CC(OCC(F)(F)F)C(=O)Nc1nc(-c2ccc(F)cc2)cs1. The number of anilines is 1. The van der Waals surface area contributed by atoms with E-state index in [9.17, 15) is 22.4 Å². The number of halogens is 4. The molecule has 4 nitrogen and oxygen atoms in total. The summed E-state index contributed by atoms with van der Waals surface area (Å²) < 4.78 is 53.4. The number of hydrogen-bond acceptors (Lipinski definition) is 4. The summed E-state index contributed by atoms with van der Waals surface area (Å²) >= 11 is 1.10. The Labute approximate surface area is 133 Å². The number of nitrogens with one attached hydrogen (secondary N) is 1. The minimum Gasteiger partial charge on any atom is -0.359 e. The van der Waals surface area contributed by atoms with Crippen LogP contribution < -0.4 is 5.32 Å². The molecule has 1 aromatic carbocycles. The van der Waals surface area contributed by atoms with Crippen LogP contribution in [-0.4, -0.2) is 29.8 Å². The number of carbonyl (C=O) groups is 1. The van der Waals surface area contributed by atoms with E-state index in [4.69, 9.17) is 0 Å². The molecule has 124 valence electrons. The average Bonchev–Trinajstić information content (AvgIpc) is 2.93. The first-order valence-corrected chi connectivity index (χ1v) is 7.33. The Morgan fingerprint density at radius 2 is 2.00 bits per heavy atom. The molecule has 9 heteroatoms. The summed E-state index contributed by atoms with van der Waals surface area (Å²) in [6, 6.07) is 5.62. The largest absolute Gasteiger partial charge is 0.411 e. The number of aromatic nitrogens is 1. The third kappa shape index (κ3) is 5.29. The van der Waals surface area contributed by atoms with Crippen molar-refractivity contribution < 1.29 is 27.1 Å². The zero-order valence-electron chi connectivity index (χ0n) is 11.9. The maximum absolute atomic E-state index is 12.9. The van der Waals surface area contributed by atoms with Crippen LogP contribution in [-0.2, 0) is 9.53 Å². The number of thiazole rings is 1. The van der Waals surface area contributed by atoms with Crippen LogP contribution in [0.5, 0.6) is 0 Å². The Hall–Kier alpha value is -2.00. The molecule has 23 heavy (non-hydrogen) atoms. The molecule has 0 radical (unpaired) electrons. The van der Waals surface area contributed by atoms with E-state index in [1.807, 2.05) is 0 Å². The fraction of sp³-hybridized carbons (Fsp3) is 0.286. The first-order chi connectivity index (χ1) is 10.7. The van der Waals surface area contributed by atoms with Gasteiger partial charge in [0.25, 0.3) is 5.91 Å². The van der Waals surface area contributed by atoms with E-state index in [-0.39, 0.29) is 10.9 Å². The van der Waals surface area contributed by atoms with E-state index in [0.717, 1.165) is 11.3 Å². The van der Waals surface area contributed by atoms with Gasteiger partial charge in [-0.15, -0.1) is 11.3 Å². The van der Waals surface area contributed by atoms with Crippen molar-refractivity contribution in [1.82, 2.24) is 4.98 Å². The maximum Gasteiger partial charge on any atom is 0.411 e. The topological polar surface area (TPSA) is 51.2 Å². The smallest absolute Gasteiger partial charge is 0.359 e. The van der Waals surface area contributed by atoms with Gasteiger partial charge in [0, 0.05) is 10.9 Å². The second-order valence-electron chi connectivity index (χ2n) is 4.60. The number of hydrogen-bond donors (Lipinski definition) is 1. The van der Waals surface area contributed by atoms with Crippen molar-refractivity contribution in [3.05, 3.63) is 35.5 Å². The number of carbonyl (C=O) groups excluding carboxylic acids is 1. The monoisotopic (exact) mass is 348 g/mol. The Morgan fingerprint density at radius 3 is 2.61 bits per heavy atom. The lowest BCUT2D eigenvalue weighted by atomic mass is 10.2. The van der Waals surface area contributed by atoms with Crippen LogP contribution in [0.15, 0.2) is 29.6 Å². The fourth-order valence-electron chi connectivity index (χ4n) is 1.59. The van der Waals surface area contributed by atoms with Gasteiger partial charge in [0.1, 0.15) is 18.5 Å². The van der Waals surface area contributed by atoms with E-state index in [1.165, 1.54) is 31.2 Å². The lowest BCUT2D eigenvalue weighted by molar-refractivity contribution is -0.184. The van der Waals surface area contributed by atoms with E-state index in [2.05, 4.69) is 15.0 Å². The van der Waals surface area contributed by atoms with Crippen LogP contribution in [0.2, 0.25) is 0 Å². The van der Waals surface area contributed by atoms with Crippen LogP contribution in [0.25, 0.3) is 11.3 Å². The summed E-state index contributed by atoms with van der Waals surface area (Å²) in [4.78, 5) is 15.9. The normalized spacial score (nSPS) is 12.9. The van der Waals surface area contributed by atoms with Gasteiger partial charge in [-0.1, -0.05) is 0 Å². The number of amides is 1. The molecule has 0 fully saturated rings. The highest BCUT2D eigenvalue weighted by Gasteiger charge is 2.30. The van der Waals surface area contributed by atoms with Crippen molar-refractivity contribution >= 4 is 22.4 Å². The second-order valence-corrected chi connectivity index (χ2v) is 5.46. The molecule has 2 rings (SSSR count). The van der Waals surface area contributed by atoms with Crippen molar-refractivity contribution in [2.24, 2.45) is 0 Å². The second kappa shape index (κ2) is 7.05. The zero-order chi connectivity index (χ0) is 17.0. The predicted molar refractivity (Wildman–Crippen MR) is 77.6 cm³/mol. The minimum atomic E-state index is -4.49. The van der Waals surface area contributed by atoms with Crippen LogP contribution in [0, 0.1) is 5.82 Å². The first kappa shape index (κ1) is 17.4. The molecular weight excluding hydrogens is 336 g/mol. The first-order valence-electron chi connectivity index (χ1n) is 6.45. The summed E-state index contributed by atoms with van der Waals surface area (Å²) in [5.41, 5.74) is 1.18. The minimum absolute atomic E-state index is 0.219. The molecular formula is C14H12F4N2O2S. The highest BCUT2D eigenvalue weighted by molar-refractivity contribution is 7.14. The fourth-order valence-corrected chi connectivity index (χ4v) is 2.31. The average molecular weight is 348 g/mol. The van der Waals surface area contributed by atoms with E-state index < -0.39 is 24.8 Å². The Bertz CT molecular complexity index is 670. The van der Waals surface area contributed by atoms with Crippen LogP contribution in [0.1, 0.15) is 6.92 Å². The van der Waals surface area contributed by atoms with Crippen molar-refractivity contribution in [3.8, 4) is 11.3 Å². The molecule has 1 heterocycles. The van der Waals surface area contributed by atoms with E-state index in [0.29, 0.717) is 11.3 Å². The molecule has 0 aliphatic carbocycles. The van der Waals surface area contributed by atoms with Crippen molar-refractivity contribution in [2.45, 2.75) is 19.2 Å². The third-order valence-electron chi connectivity index (χ3n) is 2.74. The number of rotatable bonds is 5. The quantitative estimate of drug-likeness (QED) is 0.835. The van der Waals surface area contributed by atoms with Gasteiger partial charge in [0.2, 0.25) is 0 Å². The van der Waals surface area contributed by atoms with Crippen LogP contribution in [0.4, 0.5) is 22.7 Å². The molecule has 0 saturated carbocycles. The van der Waals surface area contributed by atoms with Gasteiger partial charge in [-0.05, 0) is 31.2 Å². The number of nitrogens with zero attached hydrogens (tertiary/aromatic N) is 1. The predicted octanol–water partition coefficient (Wildman–Crippen LogP) is 3.86. The molecule has 0 aliphatic heterocycles. The molecule has 1 N–H and O–H groups in total. The van der Waals surface area contributed by atoms with E-state index >= 15 is 0 Å². The summed E-state index contributed by atoms with van der Waals surface area (Å²) in [5, 5.41) is 4.24. The third-order valence-corrected chi connectivity index (χ3v) is 3.50. The van der Waals surface area contributed by atoms with Crippen LogP contribution in [0.3, 0.4) is 0 Å². The molecule has 0 aliphatic rings. The van der Waals surface area contributed by atoms with Crippen LogP contribution >= 0.6 is 11.3 Å². The number of benzene rings is 1. The number of alkyl halides is 3. The van der Waals surface area contributed by atoms with Gasteiger partial charge in [0.05, 0.1) is 5.69 Å². The molecule has 0 bridgehead atoms. The summed E-state index contributed by atoms with van der Waals surface area (Å²) in [7, 11) is 0. The highest BCUT2D eigenvalue weighted by Crippen LogP contribution is 2.25. The highest BCUT2D eigenvalue weighted by atomic mass is 32.1. The van der Waals surface area contributed by atoms with Gasteiger partial charge in [-0.2, -0.15) is 13.2 Å². The van der Waals surface area contributed by atoms with Crippen molar-refractivity contribution in [2.75, 3.05) is 11.9 Å². The lowest BCUT2D eigenvalue weighted by Gasteiger charge is -2.13. The molecule has 1 aromatic heterocycles. The van der Waals surface area contributed by atoms with Crippen molar-refractivity contribution in [1.29, 1.82) is 0 Å². The zero-order valence-corrected chi connectivity index (χ0v) is 12.7. The number of ether oxygens (including phenoxy) is 1. The Morgan fingerprint density at radius 1 is 1.35 bits per heavy atom. The molecule has 0 spiro atoms. The molecule has 1 unspecified atom stereocenters. The van der Waals surface area contributed by atoms with E-state index in [1.54, 1.807) is 5.38 Å².